The third-order valence-electron chi connectivity index (χ3n) is 4.78. The van der Waals surface area contributed by atoms with Crippen molar-refractivity contribution in [1.82, 2.24) is 15.1 Å². The van der Waals surface area contributed by atoms with Gasteiger partial charge in [0.1, 0.15) is 5.54 Å². The highest BCUT2D eigenvalue weighted by molar-refractivity contribution is 5.86. The summed E-state index contributed by atoms with van der Waals surface area (Å²) in [5.41, 5.74) is -1.15. The Morgan fingerprint density at radius 3 is 2.05 bits per heavy atom. The maximum absolute atomic E-state index is 12.3. The number of urea groups is 1. The molecule has 6 heteroatoms. The highest BCUT2D eigenvalue weighted by atomic mass is 16.4. The van der Waals surface area contributed by atoms with Crippen LogP contribution in [0.3, 0.4) is 0 Å². The third-order valence-corrected chi connectivity index (χ3v) is 4.78. The van der Waals surface area contributed by atoms with Gasteiger partial charge in [-0.3, -0.25) is 4.90 Å². The Kier molecular flexibility index (Phi) is 6.45. The van der Waals surface area contributed by atoms with Gasteiger partial charge in [0.25, 0.3) is 0 Å². The van der Waals surface area contributed by atoms with Gasteiger partial charge in [-0.1, -0.05) is 20.8 Å². The quantitative estimate of drug-likeness (QED) is 0.784. The van der Waals surface area contributed by atoms with Crippen LogP contribution in [0.15, 0.2) is 0 Å². The summed E-state index contributed by atoms with van der Waals surface area (Å²) < 4.78 is 0. The fraction of sp³-hybridized carbons (Fsp3) is 0.867. The molecule has 1 aliphatic rings. The molecule has 1 atom stereocenters. The van der Waals surface area contributed by atoms with Gasteiger partial charge in [-0.2, -0.15) is 0 Å². The number of nitrogens with zero attached hydrogens (tertiary/aromatic N) is 2. The fourth-order valence-corrected chi connectivity index (χ4v) is 2.69. The average Bonchev–Trinajstić information content (AvgIpc) is 2.51. The first kappa shape index (κ1) is 17.8. The molecule has 0 radical (unpaired) electrons. The second kappa shape index (κ2) is 7.64. The number of aliphatic carboxylic acids is 1. The highest BCUT2D eigenvalue weighted by Gasteiger charge is 2.38. The van der Waals surface area contributed by atoms with Gasteiger partial charge in [-0.15, -0.1) is 0 Å². The lowest BCUT2D eigenvalue weighted by atomic mass is 9.93. The van der Waals surface area contributed by atoms with Crippen LogP contribution in [0, 0.1) is 0 Å². The van der Waals surface area contributed by atoms with E-state index in [1.54, 1.807) is 18.7 Å². The first-order valence-electron chi connectivity index (χ1n) is 7.94. The molecule has 0 spiro atoms. The molecule has 2 amide bonds. The molecule has 1 rings (SSSR count). The Bertz CT molecular complexity index is 361. The number of amides is 2. The minimum Gasteiger partial charge on any atom is -0.480 e. The van der Waals surface area contributed by atoms with Crippen molar-refractivity contribution in [2.75, 3.05) is 26.2 Å². The monoisotopic (exact) mass is 299 g/mol. The fourth-order valence-electron chi connectivity index (χ4n) is 2.69. The molecule has 1 heterocycles. The van der Waals surface area contributed by atoms with Gasteiger partial charge in [0.15, 0.2) is 0 Å². The molecule has 122 valence electrons. The van der Waals surface area contributed by atoms with Gasteiger partial charge in [0, 0.05) is 32.2 Å². The van der Waals surface area contributed by atoms with E-state index in [2.05, 4.69) is 24.1 Å². The first-order valence-corrected chi connectivity index (χ1v) is 7.94. The molecule has 6 nitrogen and oxygen atoms in total. The third kappa shape index (κ3) is 4.09. The maximum Gasteiger partial charge on any atom is 0.329 e. The summed E-state index contributed by atoms with van der Waals surface area (Å²) >= 11 is 0. The molecular formula is C15H29N3O3. The Morgan fingerprint density at radius 1 is 1.14 bits per heavy atom. The van der Waals surface area contributed by atoms with Crippen LogP contribution in [0.5, 0.6) is 0 Å². The molecule has 21 heavy (non-hydrogen) atoms. The zero-order chi connectivity index (χ0) is 16.0. The van der Waals surface area contributed by atoms with Crippen molar-refractivity contribution >= 4 is 12.0 Å². The largest absolute Gasteiger partial charge is 0.480 e. The lowest BCUT2D eigenvalue weighted by Crippen LogP contribution is -2.60. The van der Waals surface area contributed by atoms with Crippen LogP contribution in [-0.4, -0.2) is 64.7 Å². The van der Waals surface area contributed by atoms with Crippen molar-refractivity contribution in [3.05, 3.63) is 0 Å². The van der Waals surface area contributed by atoms with Gasteiger partial charge in [-0.25, -0.2) is 9.59 Å². The molecule has 1 fully saturated rings. The van der Waals surface area contributed by atoms with Gasteiger partial charge in [0.05, 0.1) is 0 Å². The van der Waals surface area contributed by atoms with E-state index < -0.39 is 11.5 Å². The zero-order valence-corrected chi connectivity index (χ0v) is 13.7. The zero-order valence-electron chi connectivity index (χ0n) is 13.7. The number of piperazine rings is 1. The maximum atomic E-state index is 12.3. The molecule has 0 aromatic heterocycles. The van der Waals surface area contributed by atoms with Crippen molar-refractivity contribution in [3.8, 4) is 0 Å². The molecule has 0 aromatic carbocycles. The summed E-state index contributed by atoms with van der Waals surface area (Å²) in [5, 5.41) is 12.1. The lowest BCUT2D eigenvalue weighted by molar-refractivity contribution is -0.144. The second-order valence-electron chi connectivity index (χ2n) is 5.80. The number of rotatable bonds is 6. The predicted octanol–water partition coefficient (Wildman–Crippen LogP) is 1.76. The van der Waals surface area contributed by atoms with Crippen LogP contribution in [0.25, 0.3) is 0 Å². The van der Waals surface area contributed by atoms with E-state index in [-0.39, 0.29) is 6.03 Å². The number of carbonyl (C=O) groups is 2. The van der Waals surface area contributed by atoms with E-state index in [9.17, 15) is 14.7 Å². The molecule has 1 unspecified atom stereocenters. The van der Waals surface area contributed by atoms with E-state index in [4.69, 9.17) is 0 Å². The number of nitrogens with one attached hydrogen (secondary N) is 1. The molecule has 1 aliphatic heterocycles. The molecule has 0 saturated carbocycles. The van der Waals surface area contributed by atoms with Crippen molar-refractivity contribution in [1.29, 1.82) is 0 Å². The van der Waals surface area contributed by atoms with Crippen molar-refractivity contribution in [3.63, 3.8) is 0 Å². The summed E-state index contributed by atoms with van der Waals surface area (Å²) in [6, 6.07) is 0.268. The van der Waals surface area contributed by atoms with Crippen LogP contribution in [0.2, 0.25) is 0 Å². The highest BCUT2D eigenvalue weighted by Crippen LogP contribution is 2.17. The van der Waals surface area contributed by atoms with Crippen molar-refractivity contribution in [2.45, 2.75) is 58.5 Å². The topological polar surface area (TPSA) is 72.9 Å². The second-order valence-corrected chi connectivity index (χ2v) is 5.80. The molecular weight excluding hydrogens is 270 g/mol. The van der Waals surface area contributed by atoms with Crippen LogP contribution >= 0.6 is 0 Å². The average molecular weight is 299 g/mol. The first-order chi connectivity index (χ1) is 9.90. The van der Waals surface area contributed by atoms with E-state index in [0.717, 1.165) is 19.5 Å². The molecule has 0 aromatic rings. The number of hydrogen-bond acceptors (Lipinski definition) is 3. The molecule has 0 bridgehead atoms. The number of carboxylic acid groups (broad SMARTS) is 1. The van der Waals surface area contributed by atoms with Crippen LogP contribution in [0.1, 0.15) is 47.0 Å². The van der Waals surface area contributed by atoms with Crippen LogP contribution in [-0.2, 0) is 4.79 Å². The number of hydrogen-bond donors (Lipinski definition) is 2. The molecule has 1 saturated heterocycles. The van der Waals surface area contributed by atoms with Gasteiger partial charge in [0.2, 0.25) is 0 Å². The Morgan fingerprint density at radius 2 is 1.67 bits per heavy atom. The summed E-state index contributed by atoms with van der Waals surface area (Å²) in [6.45, 7) is 10.9. The van der Waals surface area contributed by atoms with Crippen LogP contribution in [0.4, 0.5) is 4.79 Å². The summed E-state index contributed by atoms with van der Waals surface area (Å²) in [7, 11) is 0. The standard InChI is InChI=1S/C15H29N3O3/c1-5-12(4)17-8-10-18(11-9-17)14(21)16-15(6-2,7-3)13(19)20/h12H,5-11H2,1-4H3,(H,16,21)(H,19,20). The minimum atomic E-state index is -1.15. The summed E-state index contributed by atoms with van der Waals surface area (Å²) in [4.78, 5) is 27.8. The Balaban J connectivity index is 2.60. The molecule has 2 N–H and O–H groups in total. The SMILES string of the molecule is CCC(C)N1CCN(C(=O)NC(CC)(CC)C(=O)O)CC1. The van der Waals surface area contributed by atoms with Crippen molar-refractivity contribution in [2.24, 2.45) is 0 Å². The summed E-state index contributed by atoms with van der Waals surface area (Å²) in [6.07, 6.45) is 1.87. The van der Waals surface area contributed by atoms with E-state index in [0.29, 0.717) is 32.0 Å². The Labute approximate surface area is 127 Å². The van der Waals surface area contributed by atoms with Gasteiger partial charge in [-0.05, 0) is 26.2 Å². The lowest BCUT2D eigenvalue weighted by Gasteiger charge is -2.39. The number of carbonyl (C=O) groups excluding carboxylic acids is 1. The number of carboxylic acids is 1. The predicted molar refractivity (Wildman–Crippen MR) is 82.4 cm³/mol. The van der Waals surface area contributed by atoms with Crippen LogP contribution < -0.4 is 5.32 Å². The minimum absolute atomic E-state index is 0.259. The van der Waals surface area contributed by atoms with E-state index >= 15 is 0 Å². The summed E-state index contributed by atoms with van der Waals surface area (Å²) in [5.74, 6) is -0.959. The van der Waals surface area contributed by atoms with E-state index in [1.807, 2.05) is 0 Å². The molecule has 0 aliphatic carbocycles. The van der Waals surface area contributed by atoms with E-state index in [1.165, 1.54) is 0 Å². The Hall–Kier alpha value is -1.30. The normalized spacial score (nSPS) is 18.4. The smallest absolute Gasteiger partial charge is 0.329 e. The van der Waals surface area contributed by atoms with Crippen molar-refractivity contribution < 1.29 is 14.7 Å². The van der Waals surface area contributed by atoms with Gasteiger partial charge < -0.3 is 15.3 Å². The van der Waals surface area contributed by atoms with Gasteiger partial charge >= 0.3 is 12.0 Å².